The van der Waals surface area contributed by atoms with Gasteiger partial charge in [0.15, 0.2) is 0 Å². The minimum atomic E-state index is -1.49. The molecule has 0 bridgehead atoms. The van der Waals surface area contributed by atoms with Gasteiger partial charge in [-0.25, -0.2) is 4.79 Å². The van der Waals surface area contributed by atoms with Crippen LogP contribution >= 0.6 is 0 Å². The van der Waals surface area contributed by atoms with E-state index in [1.54, 1.807) is 0 Å². The van der Waals surface area contributed by atoms with Gasteiger partial charge >= 0.3 is 17.9 Å². The van der Waals surface area contributed by atoms with Crippen LogP contribution in [0.15, 0.2) is 24.3 Å². The van der Waals surface area contributed by atoms with Crippen molar-refractivity contribution in [1.29, 1.82) is 0 Å². The van der Waals surface area contributed by atoms with Crippen LogP contribution in [0.25, 0.3) is 0 Å². The summed E-state index contributed by atoms with van der Waals surface area (Å²) < 4.78 is 0. The number of carbonyl (C=O) groups excluding carboxylic acids is 3. The van der Waals surface area contributed by atoms with Crippen LogP contribution in [0.2, 0.25) is 0 Å². The number of amides is 3. The first-order valence-corrected chi connectivity index (χ1v) is 9.96. The van der Waals surface area contributed by atoms with E-state index in [0.717, 1.165) is 0 Å². The number of aromatic hydroxyl groups is 1. The molecule has 0 aromatic heterocycles. The Hall–Kier alpha value is -4.20. The normalized spacial score (nSPS) is 13.1. The van der Waals surface area contributed by atoms with Gasteiger partial charge in [-0.3, -0.25) is 24.0 Å². The maximum absolute atomic E-state index is 12.4. The molecule has 1 aromatic carbocycles. The van der Waals surface area contributed by atoms with E-state index >= 15 is 0 Å². The van der Waals surface area contributed by atoms with Crippen molar-refractivity contribution in [3.8, 4) is 5.75 Å². The zero-order chi connectivity index (χ0) is 25.8. The third-order valence-electron chi connectivity index (χ3n) is 4.44. The average Bonchev–Trinajstić information content (AvgIpc) is 2.75. The molecule has 0 spiro atoms. The minimum Gasteiger partial charge on any atom is -0.508 e. The van der Waals surface area contributed by atoms with Gasteiger partial charge in [0.25, 0.3) is 0 Å². The molecule has 34 heavy (non-hydrogen) atoms. The zero-order valence-corrected chi connectivity index (χ0v) is 17.9. The molecule has 0 aliphatic heterocycles. The number of nitrogens with one attached hydrogen (secondary N) is 3. The highest BCUT2D eigenvalue weighted by Gasteiger charge is 2.26. The summed E-state index contributed by atoms with van der Waals surface area (Å²) in [7, 11) is 0. The van der Waals surface area contributed by atoms with Gasteiger partial charge in [0.1, 0.15) is 17.8 Å². The van der Waals surface area contributed by atoms with Gasteiger partial charge in [-0.15, -0.1) is 0 Å². The van der Waals surface area contributed by atoms with Crippen LogP contribution in [0.3, 0.4) is 0 Å². The number of hydrogen-bond donors (Lipinski definition) is 8. The fourth-order valence-electron chi connectivity index (χ4n) is 2.70. The largest absolute Gasteiger partial charge is 0.508 e. The molecule has 1 aromatic rings. The van der Waals surface area contributed by atoms with Crippen molar-refractivity contribution in [3.63, 3.8) is 0 Å². The zero-order valence-electron chi connectivity index (χ0n) is 17.9. The SMILES string of the molecule is NC(CC(=O)O)C(=O)NC(CCC(=O)O)C(=O)NCC(=O)NC(Cc1ccc(O)cc1)C(=O)O. The number of rotatable bonds is 14. The van der Waals surface area contributed by atoms with Crippen molar-refractivity contribution in [2.45, 2.75) is 43.8 Å². The summed E-state index contributed by atoms with van der Waals surface area (Å²) in [6, 6.07) is 1.40. The maximum atomic E-state index is 12.4. The van der Waals surface area contributed by atoms with E-state index in [4.69, 9.17) is 15.9 Å². The van der Waals surface area contributed by atoms with Gasteiger partial charge in [-0.2, -0.15) is 0 Å². The Kier molecular flexibility index (Phi) is 10.9. The first-order chi connectivity index (χ1) is 15.9. The van der Waals surface area contributed by atoms with Gasteiger partial charge in [-0.05, 0) is 24.1 Å². The van der Waals surface area contributed by atoms with Crippen molar-refractivity contribution >= 4 is 35.6 Å². The lowest BCUT2D eigenvalue weighted by Crippen LogP contribution is -2.54. The number of benzene rings is 1. The Labute approximate surface area is 193 Å². The second-order valence-corrected chi connectivity index (χ2v) is 7.24. The summed E-state index contributed by atoms with van der Waals surface area (Å²) >= 11 is 0. The topological polar surface area (TPSA) is 245 Å². The Morgan fingerprint density at radius 2 is 1.47 bits per heavy atom. The molecule has 186 valence electrons. The Bertz CT molecular complexity index is 918. The summed E-state index contributed by atoms with van der Waals surface area (Å²) in [6.45, 7) is -0.682. The van der Waals surface area contributed by atoms with Crippen molar-refractivity contribution < 1.29 is 49.2 Å². The fraction of sp³-hybridized carbons (Fsp3) is 0.400. The van der Waals surface area contributed by atoms with Gasteiger partial charge in [-0.1, -0.05) is 12.1 Å². The van der Waals surface area contributed by atoms with E-state index in [0.29, 0.717) is 5.56 Å². The summed E-state index contributed by atoms with van der Waals surface area (Å²) in [4.78, 5) is 69.5. The van der Waals surface area contributed by atoms with Crippen LogP contribution in [0, 0.1) is 0 Å². The molecular weight excluding hydrogens is 456 g/mol. The van der Waals surface area contributed by atoms with Gasteiger partial charge in [0, 0.05) is 12.8 Å². The molecule has 1 rings (SSSR count). The molecule has 0 aliphatic rings. The number of carboxylic acids is 3. The summed E-state index contributed by atoms with van der Waals surface area (Å²) in [5.74, 6) is -6.80. The molecule has 0 heterocycles. The minimum absolute atomic E-state index is 0.0177. The second kappa shape index (κ2) is 13.4. The number of carboxylic acid groups (broad SMARTS) is 3. The van der Waals surface area contributed by atoms with E-state index in [1.165, 1.54) is 24.3 Å². The highest BCUT2D eigenvalue weighted by atomic mass is 16.4. The van der Waals surface area contributed by atoms with Crippen molar-refractivity contribution in [3.05, 3.63) is 29.8 Å². The summed E-state index contributed by atoms with van der Waals surface area (Å²) in [6.07, 6.45) is -1.72. The van der Waals surface area contributed by atoms with Gasteiger partial charge < -0.3 is 42.1 Å². The van der Waals surface area contributed by atoms with Crippen molar-refractivity contribution in [1.82, 2.24) is 16.0 Å². The third kappa shape index (κ3) is 10.4. The highest BCUT2D eigenvalue weighted by molar-refractivity contribution is 5.93. The fourth-order valence-corrected chi connectivity index (χ4v) is 2.70. The molecule has 0 fully saturated rings. The first-order valence-electron chi connectivity index (χ1n) is 9.96. The average molecular weight is 482 g/mol. The number of nitrogens with two attached hydrogens (primary N) is 1. The van der Waals surface area contributed by atoms with Gasteiger partial charge in [0.05, 0.1) is 19.0 Å². The third-order valence-corrected chi connectivity index (χ3v) is 4.44. The van der Waals surface area contributed by atoms with E-state index < -0.39 is 73.1 Å². The molecule has 14 nitrogen and oxygen atoms in total. The Morgan fingerprint density at radius 3 is 2.00 bits per heavy atom. The van der Waals surface area contributed by atoms with Crippen LogP contribution in [0.5, 0.6) is 5.75 Å². The lowest BCUT2D eigenvalue weighted by Gasteiger charge is -2.20. The van der Waals surface area contributed by atoms with Crippen LogP contribution in [0.4, 0.5) is 0 Å². The monoisotopic (exact) mass is 482 g/mol. The molecule has 14 heteroatoms. The molecule has 0 saturated heterocycles. The predicted molar refractivity (Wildman–Crippen MR) is 113 cm³/mol. The van der Waals surface area contributed by atoms with E-state index in [9.17, 15) is 39.0 Å². The molecule has 3 atom stereocenters. The summed E-state index contributed by atoms with van der Waals surface area (Å²) in [5.41, 5.74) is 5.94. The van der Waals surface area contributed by atoms with E-state index in [1.807, 2.05) is 0 Å². The molecule has 0 saturated carbocycles. The molecule has 3 unspecified atom stereocenters. The van der Waals surface area contributed by atoms with E-state index in [2.05, 4.69) is 16.0 Å². The predicted octanol–water partition coefficient (Wildman–Crippen LogP) is -2.23. The van der Waals surface area contributed by atoms with Crippen LogP contribution in [0.1, 0.15) is 24.8 Å². The highest BCUT2D eigenvalue weighted by Crippen LogP contribution is 2.11. The lowest BCUT2D eigenvalue weighted by molar-refractivity contribution is -0.141. The van der Waals surface area contributed by atoms with Crippen LogP contribution in [-0.2, 0) is 35.2 Å². The molecule has 9 N–H and O–H groups in total. The van der Waals surface area contributed by atoms with Crippen molar-refractivity contribution in [2.75, 3.05) is 6.54 Å². The number of phenols is 1. The second-order valence-electron chi connectivity index (χ2n) is 7.24. The first kappa shape index (κ1) is 27.8. The molecule has 0 radical (unpaired) electrons. The van der Waals surface area contributed by atoms with Crippen molar-refractivity contribution in [2.24, 2.45) is 5.73 Å². The standard InChI is InChI=1S/C20H26N4O10/c21-12(8-17(29)30)18(31)24-13(5-6-16(27)28)19(32)22-9-15(26)23-14(20(33)34)7-10-1-3-11(25)4-2-10/h1-4,12-14,25H,5-9,21H2,(H,22,32)(H,23,26)(H,24,31)(H,27,28)(H,29,30)(H,33,34). The van der Waals surface area contributed by atoms with Crippen LogP contribution < -0.4 is 21.7 Å². The molecular formula is C20H26N4O10. The maximum Gasteiger partial charge on any atom is 0.326 e. The number of phenolic OH excluding ortho intramolecular Hbond substituents is 1. The lowest BCUT2D eigenvalue weighted by atomic mass is 10.1. The molecule has 3 amide bonds. The van der Waals surface area contributed by atoms with Crippen LogP contribution in [-0.4, -0.2) is 80.7 Å². The smallest absolute Gasteiger partial charge is 0.326 e. The van der Waals surface area contributed by atoms with Gasteiger partial charge in [0.2, 0.25) is 17.7 Å². The quantitative estimate of drug-likeness (QED) is 0.141. The Morgan fingerprint density at radius 1 is 0.853 bits per heavy atom. The summed E-state index contributed by atoms with van der Waals surface area (Å²) in [5, 5.41) is 42.7. The Balaban J connectivity index is 2.71. The van der Waals surface area contributed by atoms with E-state index in [-0.39, 0.29) is 18.6 Å². The number of hydrogen-bond acceptors (Lipinski definition) is 8. The number of aliphatic carboxylic acids is 3. The molecule has 0 aliphatic carbocycles. The number of carbonyl (C=O) groups is 6.